The average Bonchev–Trinajstić information content (AvgIpc) is 2.41. The van der Waals surface area contributed by atoms with Gasteiger partial charge in [-0.1, -0.05) is 39.5 Å². The number of hydrogen-bond acceptors (Lipinski definition) is 1. The molecule has 1 saturated carbocycles. The molecule has 1 aliphatic rings. The number of carboxylic acid groups (broad SMARTS) is 1. The first-order valence-corrected chi connectivity index (χ1v) is 5.89. The van der Waals surface area contributed by atoms with E-state index in [0.717, 1.165) is 25.7 Å². The first-order valence-electron chi connectivity index (χ1n) is 5.89. The SMILES string of the molecule is CCC(C)C1CCCCCC1C(=O)O. The van der Waals surface area contributed by atoms with Gasteiger partial charge in [0.05, 0.1) is 5.92 Å². The molecule has 0 heterocycles. The van der Waals surface area contributed by atoms with E-state index >= 15 is 0 Å². The molecule has 0 spiro atoms. The van der Waals surface area contributed by atoms with E-state index in [1.54, 1.807) is 0 Å². The molecule has 3 unspecified atom stereocenters. The van der Waals surface area contributed by atoms with Gasteiger partial charge in [0.15, 0.2) is 0 Å². The van der Waals surface area contributed by atoms with Gasteiger partial charge in [0.2, 0.25) is 0 Å². The summed E-state index contributed by atoms with van der Waals surface area (Å²) in [5, 5.41) is 9.18. The Kier molecular flexibility index (Phi) is 4.43. The van der Waals surface area contributed by atoms with E-state index in [9.17, 15) is 9.90 Å². The summed E-state index contributed by atoms with van der Waals surface area (Å²) in [5.41, 5.74) is 0. The minimum Gasteiger partial charge on any atom is -0.481 e. The molecular weight excluding hydrogens is 176 g/mol. The van der Waals surface area contributed by atoms with E-state index in [2.05, 4.69) is 13.8 Å². The quantitative estimate of drug-likeness (QED) is 0.706. The molecule has 0 amide bonds. The van der Waals surface area contributed by atoms with Crippen molar-refractivity contribution in [3.05, 3.63) is 0 Å². The normalized spacial score (nSPS) is 30.7. The maximum absolute atomic E-state index is 11.1. The number of aliphatic carboxylic acids is 1. The van der Waals surface area contributed by atoms with Crippen LogP contribution in [0.1, 0.15) is 52.4 Å². The number of carbonyl (C=O) groups is 1. The van der Waals surface area contributed by atoms with Crippen molar-refractivity contribution in [1.29, 1.82) is 0 Å². The Balaban J connectivity index is 2.68. The molecule has 0 bridgehead atoms. The molecule has 1 N–H and O–H groups in total. The van der Waals surface area contributed by atoms with Gasteiger partial charge < -0.3 is 5.11 Å². The molecule has 0 saturated heterocycles. The van der Waals surface area contributed by atoms with E-state index in [1.165, 1.54) is 12.8 Å². The van der Waals surface area contributed by atoms with Crippen molar-refractivity contribution in [2.24, 2.45) is 17.8 Å². The van der Waals surface area contributed by atoms with Crippen LogP contribution in [0.15, 0.2) is 0 Å². The molecule has 0 aliphatic heterocycles. The highest BCUT2D eigenvalue weighted by molar-refractivity contribution is 5.70. The van der Waals surface area contributed by atoms with E-state index < -0.39 is 5.97 Å². The lowest BCUT2D eigenvalue weighted by Gasteiger charge is -2.26. The highest BCUT2D eigenvalue weighted by atomic mass is 16.4. The van der Waals surface area contributed by atoms with Crippen molar-refractivity contribution in [3.63, 3.8) is 0 Å². The molecule has 0 aromatic rings. The minimum atomic E-state index is -0.572. The van der Waals surface area contributed by atoms with Crippen LogP contribution < -0.4 is 0 Å². The molecular formula is C12H22O2. The molecule has 2 nitrogen and oxygen atoms in total. The van der Waals surface area contributed by atoms with Gasteiger partial charge in [0.1, 0.15) is 0 Å². The van der Waals surface area contributed by atoms with Crippen molar-refractivity contribution in [2.45, 2.75) is 52.4 Å². The zero-order valence-electron chi connectivity index (χ0n) is 9.33. The molecule has 82 valence electrons. The molecule has 14 heavy (non-hydrogen) atoms. The Hall–Kier alpha value is -0.530. The van der Waals surface area contributed by atoms with Gasteiger partial charge >= 0.3 is 5.97 Å². The van der Waals surface area contributed by atoms with E-state index in [-0.39, 0.29) is 5.92 Å². The lowest BCUT2D eigenvalue weighted by atomic mass is 9.78. The van der Waals surface area contributed by atoms with Crippen molar-refractivity contribution in [3.8, 4) is 0 Å². The maximum Gasteiger partial charge on any atom is 0.306 e. The van der Waals surface area contributed by atoms with Crippen LogP contribution in [0, 0.1) is 17.8 Å². The van der Waals surface area contributed by atoms with Crippen LogP contribution in [0.3, 0.4) is 0 Å². The van der Waals surface area contributed by atoms with Crippen LogP contribution >= 0.6 is 0 Å². The molecule has 1 fully saturated rings. The predicted molar refractivity (Wildman–Crippen MR) is 57.2 cm³/mol. The summed E-state index contributed by atoms with van der Waals surface area (Å²) >= 11 is 0. The fraction of sp³-hybridized carbons (Fsp3) is 0.917. The Morgan fingerprint density at radius 1 is 1.36 bits per heavy atom. The standard InChI is InChI=1S/C12H22O2/c1-3-9(2)10-7-5-4-6-8-11(10)12(13)14/h9-11H,3-8H2,1-2H3,(H,13,14). The third-order valence-electron chi connectivity index (χ3n) is 3.76. The molecule has 0 aromatic carbocycles. The zero-order chi connectivity index (χ0) is 10.6. The Morgan fingerprint density at radius 2 is 2.00 bits per heavy atom. The smallest absolute Gasteiger partial charge is 0.306 e. The molecule has 1 rings (SSSR count). The number of carboxylic acids is 1. The van der Waals surface area contributed by atoms with Crippen LogP contribution in [0.5, 0.6) is 0 Å². The van der Waals surface area contributed by atoms with Gasteiger partial charge in [0, 0.05) is 0 Å². The topological polar surface area (TPSA) is 37.3 Å². The van der Waals surface area contributed by atoms with Gasteiger partial charge in [-0.2, -0.15) is 0 Å². The summed E-state index contributed by atoms with van der Waals surface area (Å²) < 4.78 is 0. The fourth-order valence-electron chi connectivity index (χ4n) is 2.63. The summed E-state index contributed by atoms with van der Waals surface area (Å²) in [6.07, 6.45) is 6.66. The number of rotatable bonds is 3. The second-order valence-corrected chi connectivity index (χ2v) is 4.63. The summed E-state index contributed by atoms with van der Waals surface area (Å²) in [7, 11) is 0. The van der Waals surface area contributed by atoms with Crippen molar-refractivity contribution in [2.75, 3.05) is 0 Å². The molecule has 1 aliphatic carbocycles. The molecule has 2 heteroatoms. The summed E-state index contributed by atoms with van der Waals surface area (Å²) in [4.78, 5) is 11.1. The van der Waals surface area contributed by atoms with E-state index in [4.69, 9.17) is 0 Å². The zero-order valence-corrected chi connectivity index (χ0v) is 9.33. The van der Waals surface area contributed by atoms with E-state index in [1.807, 2.05) is 0 Å². The lowest BCUT2D eigenvalue weighted by Crippen LogP contribution is -2.27. The molecule has 3 atom stereocenters. The summed E-state index contributed by atoms with van der Waals surface area (Å²) in [6.45, 7) is 4.36. The van der Waals surface area contributed by atoms with Gasteiger partial charge in [-0.25, -0.2) is 0 Å². The number of hydrogen-bond donors (Lipinski definition) is 1. The van der Waals surface area contributed by atoms with Crippen LogP contribution in [-0.2, 0) is 4.79 Å². The average molecular weight is 198 g/mol. The summed E-state index contributed by atoms with van der Waals surface area (Å²) in [6, 6.07) is 0. The van der Waals surface area contributed by atoms with Crippen molar-refractivity contribution < 1.29 is 9.90 Å². The van der Waals surface area contributed by atoms with Crippen LogP contribution in [0.25, 0.3) is 0 Å². The Bertz CT molecular complexity index is 189. The molecule has 0 radical (unpaired) electrons. The van der Waals surface area contributed by atoms with Crippen molar-refractivity contribution >= 4 is 5.97 Å². The molecule has 0 aromatic heterocycles. The largest absolute Gasteiger partial charge is 0.481 e. The monoisotopic (exact) mass is 198 g/mol. The lowest BCUT2D eigenvalue weighted by molar-refractivity contribution is -0.144. The second kappa shape index (κ2) is 5.38. The van der Waals surface area contributed by atoms with Crippen molar-refractivity contribution in [1.82, 2.24) is 0 Å². The second-order valence-electron chi connectivity index (χ2n) is 4.63. The van der Waals surface area contributed by atoms with Gasteiger partial charge in [-0.05, 0) is 24.7 Å². The first-order chi connectivity index (χ1) is 6.66. The van der Waals surface area contributed by atoms with Crippen LogP contribution in [-0.4, -0.2) is 11.1 Å². The maximum atomic E-state index is 11.1. The highest BCUT2D eigenvalue weighted by Gasteiger charge is 2.32. The highest BCUT2D eigenvalue weighted by Crippen LogP contribution is 2.35. The van der Waals surface area contributed by atoms with Gasteiger partial charge in [-0.3, -0.25) is 4.79 Å². The van der Waals surface area contributed by atoms with Gasteiger partial charge in [-0.15, -0.1) is 0 Å². The Morgan fingerprint density at radius 3 is 2.57 bits per heavy atom. The first kappa shape index (κ1) is 11.5. The minimum absolute atomic E-state index is 0.0764. The van der Waals surface area contributed by atoms with Crippen LogP contribution in [0.2, 0.25) is 0 Å². The third kappa shape index (κ3) is 2.73. The van der Waals surface area contributed by atoms with Gasteiger partial charge in [0.25, 0.3) is 0 Å². The predicted octanol–water partition coefficient (Wildman–Crippen LogP) is 3.31. The van der Waals surface area contributed by atoms with Crippen LogP contribution in [0.4, 0.5) is 0 Å². The third-order valence-corrected chi connectivity index (χ3v) is 3.76. The Labute approximate surface area is 86.7 Å². The summed E-state index contributed by atoms with van der Waals surface area (Å²) in [5.74, 6) is 0.332. The van der Waals surface area contributed by atoms with E-state index in [0.29, 0.717) is 11.8 Å². The fourth-order valence-corrected chi connectivity index (χ4v) is 2.63.